The van der Waals surface area contributed by atoms with Gasteiger partial charge in [0, 0.05) is 6.54 Å². The third-order valence-corrected chi connectivity index (χ3v) is 4.00. The minimum Gasteiger partial charge on any atom is -0.389 e. The zero-order valence-electron chi connectivity index (χ0n) is 9.88. The number of hydrogen-bond acceptors (Lipinski definition) is 2. The highest BCUT2D eigenvalue weighted by atomic mass is 16.3. The van der Waals surface area contributed by atoms with Crippen LogP contribution in [0.4, 0.5) is 0 Å². The Hall–Kier alpha value is -0.0800. The Labute approximate surface area is 93.7 Å². The molecule has 0 spiro atoms. The summed E-state index contributed by atoms with van der Waals surface area (Å²) >= 11 is 0. The molecular formula is C13H25NO. The van der Waals surface area contributed by atoms with Gasteiger partial charge in [0.1, 0.15) is 0 Å². The van der Waals surface area contributed by atoms with E-state index >= 15 is 0 Å². The third-order valence-electron chi connectivity index (χ3n) is 4.00. The van der Waals surface area contributed by atoms with Gasteiger partial charge in [-0.1, -0.05) is 32.1 Å². The molecule has 2 aliphatic rings. The molecule has 2 rings (SSSR count). The molecule has 1 aliphatic carbocycles. The SMILES string of the molecule is OC1(CN2CCCCCCC2)CCCC1. The van der Waals surface area contributed by atoms with Crippen LogP contribution in [-0.4, -0.2) is 35.2 Å². The number of likely N-dealkylation sites (tertiary alicyclic amines) is 1. The lowest BCUT2D eigenvalue weighted by Crippen LogP contribution is -2.42. The summed E-state index contributed by atoms with van der Waals surface area (Å²) in [6.07, 6.45) is 11.4. The van der Waals surface area contributed by atoms with Crippen molar-refractivity contribution >= 4 is 0 Å². The summed E-state index contributed by atoms with van der Waals surface area (Å²) in [6.45, 7) is 3.36. The molecule has 1 N–H and O–H groups in total. The lowest BCUT2D eigenvalue weighted by molar-refractivity contribution is 0.00745. The molecule has 2 fully saturated rings. The topological polar surface area (TPSA) is 23.5 Å². The minimum absolute atomic E-state index is 0.334. The molecule has 0 aromatic rings. The Morgan fingerprint density at radius 2 is 1.33 bits per heavy atom. The molecule has 1 saturated carbocycles. The van der Waals surface area contributed by atoms with Crippen molar-refractivity contribution in [2.24, 2.45) is 0 Å². The van der Waals surface area contributed by atoms with Crippen molar-refractivity contribution in [3.8, 4) is 0 Å². The van der Waals surface area contributed by atoms with Gasteiger partial charge in [-0.25, -0.2) is 0 Å². The molecule has 0 bridgehead atoms. The second kappa shape index (κ2) is 5.31. The predicted molar refractivity (Wildman–Crippen MR) is 62.9 cm³/mol. The van der Waals surface area contributed by atoms with Crippen LogP contribution in [-0.2, 0) is 0 Å². The maximum absolute atomic E-state index is 10.4. The van der Waals surface area contributed by atoms with E-state index in [-0.39, 0.29) is 5.60 Å². The van der Waals surface area contributed by atoms with Crippen LogP contribution in [0.25, 0.3) is 0 Å². The first-order valence-corrected chi connectivity index (χ1v) is 6.73. The maximum Gasteiger partial charge on any atom is 0.0774 e. The lowest BCUT2D eigenvalue weighted by Gasteiger charge is -2.32. The van der Waals surface area contributed by atoms with Crippen LogP contribution < -0.4 is 0 Å². The highest BCUT2D eigenvalue weighted by Gasteiger charge is 2.32. The number of nitrogens with zero attached hydrogens (tertiary/aromatic N) is 1. The second-order valence-corrected chi connectivity index (χ2v) is 5.48. The molecule has 1 heterocycles. The molecular weight excluding hydrogens is 186 g/mol. The largest absolute Gasteiger partial charge is 0.389 e. The van der Waals surface area contributed by atoms with Gasteiger partial charge in [-0.15, -0.1) is 0 Å². The first-order chi connectivity index (χ1) is 7.29. The van der Waals surface area contributed by atoms with E-state index in [4.69, 9.17) is 0 Å². The molecule has 0 unspecified atom stereocenters. The highest BCUT2D eigenvalue weighted by Crippen LogP contribution is 2.30. The van der Waals surface area contributed by atoms with Crippen LogP contribution in [0, 0.1) is 0 Å². The van der Waals surface area contributed by atoms with Crippen molar-refractivity contribution < 1.29 is 5.11 Å². The van der Waals surface area contributed by atoms with Crippen molar-refractivity contribution in [2.75, 3.05) is 19.6 Å². The monoisotopic (exact) mass is 211 g/mol. The summed E-state index contributed by atoms with van der Waals surface area (Å²) in [5.74, 6) is 0. The number of aliphatic hydroxyl groups is 1. The average molecular weight is 211 g/mol. The van der Waals surface area contributed by atoms with Crippen LogP contribution in [0.1, 0.15) is 57.8 Å². The molecule has 0 amide bonds. The van der Waals surface area contributed by atoms with Gasteiger partial charge in [-0.3, -0.25) is 0 Å². The van der Waals surface area contributed by atoms with Crippen LogP contribution in [0.15, 0.2) is 0 Å². The van der Waals surface area contributed by atoms with Gasteiger partial charge in [-0.2, -0.15) is 0 Å². The number of rotatable bonds is 2. The van der Waals surface area contributed by atoms with E-state index in [0.717, 1.165) is 19.4 Å². The molecule has 2 heteroatoms. The Balaban J connectivity index is 1.80. The van der Waals surface area contributed by atoms with E-state index in [0.29, 0.717) is 0 Å². The Kier molecular flexibility index (Phi) is 4.04. The number of β-amino-alcohol motifs (C(OH)–C–C–N with tert-alkyl or cyclic N) is 1. The molecule has 0 aromatic heterocycles. The third kappa shape index (κ3) is 3.46. The predicted octanol–water partition coefficient (Wildman–Crippen LogP) is 2.56. The van der Waals surface area contributed by atoms with Gasteiger partial charge >= 0.3 is 0 Å². The van der Waals surface area contributed by atoms with Gasteiger partial charge in [0.05, 0.1) is 5.60 Å². The van der Waals surface area contributed by atoms with Gasteiger partial charge in [0.2, 0.25) is 0 Å². The summed E-state index contributed by atoms with van der Waals surface area (Å²) in [7, 11) is 0. The molecule has 15 heavy (non-hydrogen) atoms. The van der Waals surface area contributed by atoms with Crippen molar-refractivity contribution in [1.29, 1.82) is 0 Å². The second-order valence-electron chi connectivity index (χ2n) is 5.48. The fraction of sp³-hybridized carbons (Fsp3) is 1.00. The summed E-state index contributed by atoms with van der Waals surface area (Å²) in [6, 6.07) is 0. The van der Waals surface area contributed by atoms with Crippen LogP contribution in [0.5, 0.6) is 0 Å². The van der Waals surface area contributed by atoms with Gasteiger partial charge in [-0.05, 0) is 38.8 Å². The van der Waals surface area contributed by atoms with Crippen LogP contribution in [0.3, 0.4) is 0 Å². The highest BCUT2D eigenvalue weighted by molar-refractivity contribution is 4.87. The molecule has 1 saturated heterocycles. The first-order valence-electron chi connectivity index (χ1n) is 6.73. The summed E-state index contributed by atoms with van der Waals surface area (Å²) in [5, 5.41) is 10.4. The van der Waals surface area contributed by atoms with Crippen molar-refractivity contribution in [3.63, 3.8) is 0 Å². The van der Waals surface area contributed by atoms with Gasteiger partial charge < -0.3 is 10.0 Å². The standard InChI is InChI=1S/C13H25NO/c15-13(8-4-5-9-13)12-14-10-6-2-1-3-7-11-14/h15H,1-12H2. The normalized spacial score (nSPS) is 28.6. The van der Waals surface area contributed by atoms with Crippen LogP contribution in [0.2, 0.25) is 0 Å². The molecule has 0 radical (unpaired) electrons. The van der Waals surface area contributed by atoms with E-state index in [1.807, 2.05) is 0 Å². The first kappa shape index (κ1) is 11.4. The van der Waals surface area contributed by atoms with E-state index in [1.54, 1.807) is 0 Å². The molecule has 88 valence electrons. The number of hydrogen-bond donors (Lipinski definition) is 1. The Morgan fingerprint density at radius 1 is 0.800 bits per heavy atom. The maximum atomic E-state index is 10.4. The Bertz CT molecular complexity index is 179. The van der Waals surface area contributed by atoms with E-state index in [1.165, 1.54) is 58.0 Å². The smallest absolute Gasteiger partial charge is 0.0774 e. The Morgan fingerprint density at radius 3 is 1.93 bits per heavy atom. The average Bonchev–Trinajstić information content (AvgIpc) is 2.57. The van der Waals surface area contributed by atoms with Gasteiger partial charge in [0.15, 0.2) is 0 Å². The fourth-order valence-corrected chi connectivity index (χ4v) is 3.08. The zero-order chi connectivity index (χ0) is 10.6. The zero-order valence-corrected chi connectivity index (χ0v) is 9.88. The van der Waals surface area contributed by atoms with E-state index < -0.39 is 0 Å². The van der Waals surface area contributed by atoms with E-state index in [2.05, 4.69) is 4.90 Å². The summed E-state index contributed by atoms with van der Waals surface area (Å²) in [5.41, 5.74) is -0.334. The molecule has 0 aromatic carbocycles. The lowest BCUT2D eigenvalue weighted by atomic mass is 10.0. The molecule has 0 atom stereocenters. The quantitative estimate of drug-likeness (QED) is 0.759. The fourth-order valence-electron chi connectivity index (χ4n) is 3.08. The van der Waals surface area contributed by atoms with E-state index in [9.17, 15) is 5.11 Å². The van der Waals surface area contributed by atoms with Crippen molar-refractivity contribution in [2.45, 2.75) is 63.4 Å². The van der Waals surface area contributed by atoms with Crippen molar-refractivity contribution in [1.82, 2.24) is 4.90 Å². The minimum atomic E-state index is -0.334. The van der Waals surface area contributed by atoms with Crippen molar-refractivity contribution in [3.05, 3.63) is 0 Å². The van der Waals surface area contributed by atoms with Crippen LogP contribution >= 0.6 is 0 Å². The van der Waals surface area contributed by atoms with Gasteiger partial charge in [0.25, 0.3) is 0 Å². The molecule has 2 nitrogen and oxygen atoms in total. The molecule has 1 aliphatic heterocycles. The summed E-state index contributed by atoms with van der Waals surface area (Å²) < 4.78 is 0. The summed E-state index contributed by atoms with van der Waals surface area (Å²) in [4.78, 5) is 2.50.